The lowest BCUT2D eigenvalue weighted by Gasteiger charge is -2.15. The minimum atomic E-state index is 0.673. The lowest BCUT2D eigenvalue weighted by Crippen LogP contribution is -2.30. The highest BCUT2D eigenvalue weighted by atomic mass is 15.3. The Balaban J connectivity index is 1.85. The largest absolute Gasteiger partial charge is 0.317 e. The molecule has 1 fully saturated rings. The molecule has 1 saturated carbocycles. The van der Waals surface area contributed by atoms with Crippen LogP contribution in [0.2, 0.25) is 0 Å². The fraction of sp³-hybridized carbons (Fsp3) is 0.818. The molecule has 1 aliphatic carbocycles. The van der Waals surface area contributed by atoms with E-state index >= 15 is 0 Å². The van der Waals surface area contributed by atoms with Crippen molar-refractivity contribution in [1.29, 1.82) is 0 Å². The third kappa shape index (κ3) is 2.56. The molecule has 1 heterocycles. The SMILES string of the molecule is CCC(NCc1nncn1CC)C1CC1. The molecule has 1 aromatic rings. The van der Waals surface area contributed by atoms with E-state index in [1.165, 1.54) is 19.3 Å². The maximum atomic E-state index is 4.12. The average Bonchev–Trinajstić information content (AvgIpc) is 2.98. The van der Waals surface area contributed by atoms with E-state index in [-0.39, 0.29) is 0 Å². The zero-order valence-corrected chi connectivity index (χ0v) is 9.61. The summed E-state index contributed by atoms with van der Waals surface area (Å²) in [4.78, 5) is 0. The number of hydrogen-bond acceptors (Lipinski definition) is 3. The molecule has 0 saturated heterocycles. The van der Waals surface area contributed by atoms with Crippen molar-refractivity contribution in [3.05, 3.63) is 12.2 Å². The van der Waals surface area contributed by atoms with Gasteiger partial charge in [0, 0.05) is 12.6 Å². The van der Waals surface area contributed by atoms with Gasteiger partial charge in [0.2, 0.25) is 0 Å². The zero-order chi connectivity index (χ0) is 10.7. The molecule has 2 rings (SSSR count). The van der Waals surface area contributed by atoms with Crippen molar-refractivity contribution in [3.8, 4) is 0 Å². The van der Waals surface area contributed by atoms with Gasteiger partial charge >= 0.3 is 0 Å². The van der Waals surface area contributed by atoms with Crippen molar-refractivity contribution in [3.63, 3.8) is 0 Å². The number of aromatic nitrogens is 3. The summed E-state index contributed by atoms with van der Waals surface area (Å²) >= 11 is 0. The molecule has 0 bridgehead atoms. The molecule has 1 aliphatic rings. The maximum Gasteiger partial charge on any atom is 0.146 e. The summed E-state index contributed by atoms with van der Waals surface area (Å²) < 4.78 is 2.09. The first-order valence-electron chi connectivity index (χ1n) is 5.95. The van der Waals surface area contributed by atoms with Gasteiger partial charge in [-0.1, -0.05) is 6.92 Å². The van der Waals surface area contributed by atoms with Gasteiger partial charge < -0.3 is 9.88 Å². The van der Waals surface area contributed by atoms with E-state index in [4.69, 9.17) is 0 Å². The van der Waals surface area contributed by atoms with Gasteiger partial charge in [0.1, 0.15) is 12.2 Å². The molecule has 1 unspecified atom stereocenters. The molecule has 0 spiro atoms. The lowest BCUT2D eigenvalue weighted by molar-refractivity contribution is 0.437. The second-order valence-electron chi connectivity index (χ2n) is 4.27. The Kier molecular flexibility index (Phi) is 3.36. The normalized spacial score (nSPS) is 18.0. The highest BCUT2D eigenvalue weighted by Gasteiger charge is 2.29. The van der Waals surface area contributed by atoms with Crippen LogP contribution in [0, 0.1) is 5.92 Å². The number of rotatable bonds is 6. The Labute approximate surface area is 91.1 Å². The molecule has 0 radical (unpaired) electrons. The monoisotopic (exact) mass is 208 g/mol. The van der Waals surface area contributed by atoms with E-state index in [0.29, 0.717) is 6.04 Å². The molecule has 4 heteroatoms. The quantitative estimate of drug-likeness (QED) is 0.771. The maximum absolute atomic E-state index is 4.12. The van der Waals surface area contributed by atoms with E-state index in [0.717, 1.165) is 24.8 Å². The standard InChI is InChI=1S/C11H20N4/c1-3-10(9-5-6-9)12-7-11-14-13-8-15(11)4-2/h8-10,12H,3-7H2,1-2H3. The van der Waals surface area contributed by atoms with E-state index in [9.17, 15) is 0 Å². The summed E-state index contributed by atoms with van der Waals surface area (Å²) in [5, 5.41) is 11.6. The van der Waals surface area contributed by atoms with Gasteiger partial charge in [-0.05, 0) is 32.1 Å². The third-order valence-corrected chi connectivity index (χ3v) is 3.19. The minimum Gasteiger partial charge on any atom is -0.317 e. The van der Waals surface area contributed by atoms with Gasteiger partial charge in [0.15, 0.2) is 0 Å². The Bertz CT molecular complexity index is 303. The van der Waals surface area contributed by atoms with Gasteiger partial charge in [0.25, 0.3) is 0 Å². The topological polar surface area (TPSA) is 42.7 Å². The highest BCUT2D eigenvalue weighted by molar-refractivity contribution is 4.90. The first kappa shape index (κ1) is 10.6. The van der Waals surface area contributed by atoms with Crippen molar-refractivity contribution in [2.24, 2.45) is 5.92 Å². The molecule has 0 amide bonds. The molecule has 15 heavy (non-hydrogen) atoms. The lowest BCUT2D eigenvalue weighted by atomic mass is 10.1. The fourth-order valence-electron chi connectivity index (χ4n) is 2.05. The molecule has 0 aliphatic heterocycles. The van der Waals surface area contributed by atoms with Crippen molar-refractivity contribution >= 4 is 0 Å². The van der Waals surface area contributed by atoms with Crippen molar-refractivity contribution < 1.29 is 0 Å². The molecule has 0 aromatic carbocycles. The Morgan fingerprint density at radius 2 is 2.33 bits per heavy atom. The highest BCUT2D eigenvalue weighted by Crippen LogP contribution is 2.33. The van der Waals surface area contributed by atoms with Crippen LogP contribution in [0.3, 0.4) is 0 Å². The van der Waals surface area contributed by atoms with Crippen LogP contribution in [-0.2, 0) is 13.1 Å². The van der Waals surface area contributed by atoms with Crippen LogP contribution < -0.4 is 5.32 Å². The summed E-state index contributed by atoms with van der Waals surface area (Å²) in [6.07, 6.45) is 5.80. The van der Waals surface area contributed by atoms with E-state index in [1.54, 1.807) is 6.33 Å². The van der Waals surface area contributed by atoms with Crippen LogP contribution >= 0.6 is 0 Å². The van der Waals surface area contributed by atoms with Crippen LogP contribution in [0.4, 0.5) is 0 Å². The number of hydrogen-bond donors (Lipinski definition) is 1. The van der Waals surface area contributed by atoms with Crippen LogP contribution in [0.15, 0.2) is 6.33 Å². The van der Waals surface area contributed by atoms with Crippen molar-refractivity contribution in [2.45, 2.75) is 52.2 Å². The molecular formula is C11H20N4. The van der Waals surface area contributed by atoms with E-state index in [2.05, 4.69) is 33.9 Å². The first-order chi connectivity index (χ1) is 7.35. The van der Waals surface area contributed by atoms with Gasteiger partial charge in [-0.25, -0.2) is 0 Å². The molecule has 4 nitrogen and oxygen atoms in total. The van der Waals surface area contributed by atoms with Crippen molar-refractivity contribution in [2.75, 3.05) is 0 Å². The fourth-order valence-corrected chi connectivity index (χ4v) is 2.05. The molecule has 1 atom stereocenters. The van der Waals surface area contributed by atoms with Gasteiger partial charge in [0.05, 0.1) is 6.54 Å². The molecule has 1 N–H and O–H groups in total. The Morgan fingerprint density at radius 3 is 2.93 bits per heavy atom. The van der Waals surface area contributed by atoms with E-state index < -0.39 is 0 Å². The predicted octanol–water partition coefficient (Wildman–Crippen LogP) is 1.58. The van der Waals surface area contributed by atoms with Gasteiger partial charge in [-0.15, -0.1) is 10.2 Å². The molecule has 1 aromatic heterocycles. The Hall–Kier alpha value is -0.900. The van der Waals surface area contributed by atoms with Crippen molar-refractivity contribution in [1.82, 2.24) is 20.1 Å². The molecule has 84 valence electrons. The number of nitrogens with one attached hydrogen (secondary N) is 1. The number of aryl methyl sites for hydroxylation is 1. The van der Waals surface area contributed by atoms with E-state index in [1.807, 2.05) is 0 Å². The smallest absolute Gasteiger partial charge is 0.146 e. The Morgan fingerprint density at radius 1 is 1.53 bits per heavy atom. The van der Waals surface area contributed by atoms with Gasteiger partial charge in [-0.2, -0.15) is 0 Å². The third-order valence-electron chi connectivity index (χ3n) is 3.19. The number of nitrogens with zero attached hydrogens (tertiary/aromatic N) is 3. The average molecular weight is 208 g/mol. The minimum absolute atomic E-state index is 0.673. The second-order valence-corrected chi connectivity index (χ2v) is 4.27. The van der Waals surface area contributed by atoms with Crippen LogP contribution in [0.1, 0.15) is 38.9 Å². The summed E-state index contributed by atoms with van der Waals surface area (Å²) in [5.74, 6) is 1.96. The molecular weight excluding hydrogens is 188 g/mol. The summed E-state index contributed by atoms with van der Waals surface area (Å²) in [7, 11) is 0. The predicted molar refractivity (Wildman–Crippen MR) is 59.3 cm³/mol. The van der Waals surface area contributed by atoms with Gasteiger partial charge in [-0.3, -0.25) is 0 Å². The second kappa shape index (κ2) is 4.75. The van der Waals surface area contributed by atoms with Crippen LogP contribution in [0.5, 0.6) is 0 Å². The summed E-state index contributed by atoms with van der Waals surface area (Å²) in [6, 6.07) is 0.673. The summed E-state index contributed by atoms with van der Waals surface area (Å²) in [6.45, 7) is 6.17. The zero-order valence-electron chi connectivity index (χ0n) is 9.61. The van der Waals surface area contributed by atoms with Crippen LogP contribution in [0.25, 0.3) is 0 Å². The first-order valence-corrected chi connectivity index (χ1v) is 5.95. The van der Waals surface area contributed by atoms with Crippen LogP contribution in [-0.4, -0.2) is 20.8 Å². The summed E-state index contributed by atoms with van der Waals surface area (Å²) in [5.41, 5.74) is 0.